The molecule has 4 amide bonds. The van der Waals surface area contributed by atoms with Crippen molar-refractivity contribution in [2.24, 2.45) is 0 Å². The molecule has 4 aromatic rings. The van der Waals surface area contributed by atoms with Gasteiger partial charge < -0.3 is 50.4 Å². The van der Waals surface area contributed by atoms with E-state index < -0.39 is 60.1 Å². The molecule has 0 radical (unpaired) electrons. The smallest absolute Gasteiger partial charge is 0.245 e. The highest BCUT2D eigenvalue weighted by atomic mass is 19.1. The van der Waals surface area contributed by atoms with Gasteiger partial charge in [-0.15, -0.1) is 0 Å². The number of hydrogen-bond acceptors (Lipinski definition) is 10. The number of likely N-dealkylation sites (tertiary alicyclic amines) is 2. The monoisotopic (exact) mass is 808 g/mol. The number of aliphatic hydroxyl groups is 2. The van der Waals surface area contributed by atoms with Crippen LogP contribution in [0.4, 0.5) is 8.78 Å². The van der Waals surface area contributed by atoms with Crippen LogP contribution in [0.2, 0.25) is 0 Å². The zero-order chi connectivity index (χ0) is 42.0. The van der Waals surface area contributed by atoms with Gasteiger partial charge in [-0.05, 0) is 77.9 Å². The Kier molecular flexibility index (Phi) is 13.1. The lowest BCUT2D eigenvalue weighted by molar-refractivity contribution is -0.138. The van der Waals surface area contributed by atoms with Crippen molar-refractivity contribution in [3.8, 4) is 11.6 Å². The number of nitrogens with one attached hydrogen (secondary N) is 4. The average molecular weight is 809 g/mol. The van der Waals surface area contributed by atoms with E-state index in [0.717, 1.165) is 0 Å². The zero-order valence-corrected chi connectivity index (χ0v) is 33.7. The van der Waals surface area contributed by atoms with Crippen molar-refractivity contribution in [3.05, 3.63) is 48.0 Å². The molecule has 2 aromatic carbocycles. The van der Waals surface area contributed by atoms with Crippen LogP contribution in [0.1, 0.15) is 53.4 Å². The van der Waals surface area contributed by atoms with E-state index >= 15 is 0 Å². The molecule has 6 rings (SSSR count). The van der Waals surface area contributed by atoms with Crippen molar-refractivity contribution in [2.45, 2.75) is 115 Å². The van der Waals surface area contributed by atoms with Crippen LogP contribution in [0, 0.1) is 11.6 Å². The molecule has 0 saturated carbocycles. The van der Waals surface area contributed by atoms with E-state index in [2.05, 4.69) is 21.3 Å². The number of likely N-dealkylation sites (N-methyl/N-ethyl adjacent to an activating group) is 2. The summed E-state index contributed by atoms with van der Waals surface area (Å²) in [7, 11) is 3.29. The van der Waals surface area contributed by atoms with Gasteiger partial charge in [0.05, 0.1) is 58.4 Å². The van der Waals surface area contributed by atoms with Gasteiger partial charge in [0.1, 0.15) is 23.7 Å². The molecule has 314 valence electrons. The number of β-amino-alcohol motifs (C(OH)–C–C–N with tert-alkyl or cyclic N) is 2. The topological polar surface area (TPSA) is 199 Å². The van der Waals surface area contributed by atoms with Gasteiger partial charge in [0.25, 0.3) is 0 Å². The molecular formula is C40H54F2N10O6. The zero-order valence-electron chi connectivity index (χ0n) is 33.7. The molecule has 0 spiro atoms. The predicted molar refractivity (Wildman–Crippen MR) is 212 cm³/mol. The maximum atomic E-state index is 14.7. The van der Waals surface area contributed by atoms with Gasteiger partial charge in [0.2, 0.25) is 23.6 Å². The minimum absolute atomic E-state index is 0.0345. The maximum absolute atomic E-state index is 14.7. The lowest BCUT2D eigenvalue weighted by Crippen LogP contribution is -2.53. The number of hydrogen-bond donors (Lipinski definition) is 6. The second-order valence-corrected chi connectivity index (χ2v) is 15.4. The fourth-order valence-electron chi connectivity index (χ4n) is 7.94. The van der Waals surface area contributed by atoms with Crippen LogP contribution in [0.3, 0.4) is 0 Å². The summed E-state index contributed by atoms with van der Waals surface area (Å²) in [6, 6.07) is 4.39. The fraction of sp³-hybridized carbons (Fsp3) is 0.550. The molecule has 2 aliphatic rings. The second-order valence-electron chi connectivity index (χ2n) is 15.4. The third-order valence-electron chi connectivity index (χ3n) is 11.5. The number of aliphatic hydroxyl groups excluding tert-OH is 2. The molecular weight excluding hydrogens is 754 g/mol. The summed E-state index contributed by atoms with van der Waals surface area (Å²) in [5, 5.41) is 33.2. The van der Waals surface area contributed by atoms with Crippen molar-refractivity contribution in [3.63, 3.8) is 0 Å². The van der Waals surface area contributed by atoms with Gasteiger partial charge in [-0.25, -0.2) is 18.7 Å². The number of benzene rings is 2. The van der Waals surface area contributed by atoms with Gasteiger partial charge in [-0.3, -0.25) is 19.2 Å². The Morgan fingerprint density at radius 1 is 0.707 bits per heavy atom. The molecule has 2 saturated heterocycles. The van der Waals surface area contributed by atoms with Crippen molar-refractivity contribution < 1.29 is 38.2 Å². The average Bonchev–Trinajstić information content (AvgIpc) is 3.96. The SMILES string of the molecule is CC[C@@H](NC(=O)[C@@H](C)NC)C(=O)N1CC(O)C[C@H]1Cn1c(-c2nc3cc(F)ccc3n2C[C@@H]2CC(O)CN2C(=O)[C@@H](CC)NC(=O)[C@@H](C)NC)nc2cc(F)ccc21. The molecule has 6 N–H and O–H groups in total. The van der Waals surface area contributed by atoms with Gasteiger partial charge in [0, 0.05) is 38.3 Å². The van der Waals surface area contributed by atoms with Gasteiger partial charge in [-0.1, -0.05) is 13.8 Å². The van der Waals surface area contributed by atoms with Crippen LogP contribution in [0.25, 0.3) is 33.7 Å². The summed E-state index contributed by atoms with van der Waals surface area (Å²) in [5.74, 6) is -1.91. The number of aromatic nitrogens is 4. The number of carbonyl (C=O) groups excluding carboxylic acids is 4. The highest BCUT2D eigenvalue weighted by Crippen LogP contribution is 2.33. The molecule has 8 atom stereocenters. The minimum atomic E-state index is -0.850. The summed E-state index contributed by atoms with van der Waals surface area (Å²) >= 11 is 0. The number of fused-ring (bicyclic) bond motifs is 2. The van der Waals surface area contributed by atoms with Crippen LogP contribution in [0.15, 0.2) is 36.4 Å². The van der Waals surface area contributed by atoms with Crippen LogP contribution >= 0.6 is 0 Å². The highest BCUT2D eigenvalue weighted by molar-refractivity contribution is 5.91. The van der Waals surface area contributed by atoms with Crippen LogP contribution in [-0.4, -0.2) is 138 Å². The first-order chi connectivity index (χ1) is 27.7. The first-order valence-electron chi connectivity index (χ1n) is 19.9. The molecule has 58 heavy (non-hydrogen) atoms. The van der Waals surface area contributed by atoms with Crippen LogP contribution in [0.5, 0.6) is 0 Å². The van der Waals surface area contributed by atoms with Gasteiger partial charge in [-0.2, -0.15) is 0 Å². The normalized spacial score (nSPS) is 21.7. The van der Waals surface area contributed by atoms with E-state index in [4.69, 9.17) is 9.97 Å². The number of rotatable bonds is 15. The van der Waals surface area contributed by atoms with E-state index in [1.54, 1.807) is 72.9 Å². The Labute approximate surface area is 335 Å². The number of amides is 4. The van der Waals surface area contributed by atoms with Crippen LogP contribution < -0.4 is 21.3 Å². The Hall–Kier alpha value is -5.04. The summed E-state index contributed by atoms with van der Waals surface area (Å²) in [6.07, 6.45) is -0.645. The third kappa shape index (κ3) is 8.69. The summed E-state index contributed by atoms with van der Waals surface area (Å²) < 4.78 is 33.1. The molecule has 4 heterocycles. The van der Waals surface area contributed by atoms with E-state index in [-0.39, 0.29) is 74.3 Å². The fourth-order valence-corrected chi connectivity index (χ4v) is 7.94. The quantitative estimate of drug-likeness (QED) is 0.102. The van der Waals surface area contributed by atoms with E-state index in [9.17, 15) is 38.2 Å². The maximum Gasteiger partial charge on any atom is 0.245 e. The van der Waals surface area contributed by atoms with Crippen LogP contribution in [-0.2, 0) is 32.3 Å². The molecule has 0 aliphatic carbocycles. The second kappa shape index (κ2) is 17.8. The summed E-state index contributed by atoms with van der Waals surface area (Å²) in [4.78, 5) is 66.4. The van der Waals surface area contributed by atoms with E-state index in [0.29, 0.717) is 34.9 Å². The largest absolute Gasteiger partial charge is 0.391 e. The van der Waals surface area contributed by atoms with Gasteiger partial charge in [0.15, 0.2) is 11.6 Å². The molecule has 2 aromatic heterocycles. The highest BCUT2D eigenvalue weighted by Gasteiger charge is 2.41. The summed E-state index contributed by atoms with van der Waals surface area (Å²) in [5.41, 5.74) is 1.62. The summed E-state index contributed by atoms with van der Waals surface area (Å²) in [6.45, 7) is 7.22. The number of halogens is 2. The van der Waals surface area contributed by atoms with Crippen molar-refractivity contribution in [1.29, 1.82) is 0 Å². The lowest BCUT2D eigenvalue weighted by atomic mass is 10.1. The molecule has 0 bridgehead atoms. The Morgan fingerprint density at radius 3 is 1.43 bits per heavy atom. The number of imidazole rings is 2. The van der Waals surface area contributed by atoms with Crippen molar-refractivity contribution in [2.75, 3.05) is 27.2 Å². The molecule has 2 fully saturated rings. The first-order valence-corrected chi connectivity index (χ1v) is 19.9. The van der Waals surface area contributed by atoms with Crippen molar-refractivity contribution >= 4 is 45.7 Å². The lowest BCUT2D eigenvalue weighted by Gasteiger charge is -2.30. The predicted octanol–water partition coefficient (Wildman–Crippen LogP) is 1.26. The minimum Gasteiger partial charge on any atom is -0.391 e. The van der Waals surface area contributed by atoms with E-state index in [1.165, 1.54) is 24.3 Å². The molecule has 2 unspecified atom stereocenters. The Morgan fingerprint density at radius 2 is 1.09 bits per heavy atom. The first kappa shape index (κ1) is 42.6. The molecule has 16 nitrogen and oxygen atoms in total. The van der Waals surface area contributed by atoms with Gasteiger partial charge >= 0.3 is 0 Å². The molecule has 2 aliphatic heterocycles. The standard InChI is InChI=1S/C40H54F2N10O6/c1-7-29(47-37(55)21(3)43-5)39(57)49-19-27(53)15-25(49)17-51-33-11-9-23(41)13-31(33)45-35(51)36-46-32-14-24(42)10-12-34(32)52(36)18-26-16-28(54)20-50(26)40(58)30(8-2)48-38(56)22(4)44-6/h9-14,21-22,25-30,43-44,53-54H,7-8,15-20H2,1-6H3,(H,47,55)(H,48,56)/t21-,22-,25+,26+,27?,28?,29-,30-/m1/s1. The Balaban J connectivity index is 1.40. The number of nitrogens with zero attached hydrogens (tertiary/aromatic N) is 6. The van der Waals surface area contributed by atoms with E-state index in [1.807, 2.05) is 0 Å². The van der Waals surface area contributed by atoms with Crippen molar-refractivity contribution in [1.82, 2.24) is 50.2 Å². The third-order valence-corrected chi connectivity index (χ3v) is 11.5. The Bertz CT molecular complexity index is 2010. The number of carbonyl (C=O) groups is 4. The molecule has 18 heteroatoms.